The zero-order valence-corrected chi connectivity index (χ0v) is 8.84. The normalized spacial score (nSPS) is 12.3. The topological polar surface area (TPSA) is 65.2 Å². The van der Waals surface area contributed by atoms with E-state index in [1.165, 1.54) is 19.2 Å². The molecule has 1 heterocycles. The zero-order valence-electron chi connectivity index (χ0n) is 7.33. The predicted octanol–water partition coefficient (Wildman–Crippen LogP) is 1.56. The van der Waals surface area contributed by atoms with Gasteiger partial charge in [0.1, 0.15) is 16.3 Å². The van der Waals surface area contributed by atoms with Crippen molar-refractivity contribution in [2.75, 3.05) is 7.11 Å². The monoisotopic (exact) mass is 234 g/mol. The molecule has 0 fully saturated rings. The van der Waals surface area contributed by atoms with E-state index in [9.17, 15) is 4.79 Å². The summed E-state index contributed by atoms with van der Waals surface area (Å²) in [5, 5.41) is 0.374. The molecule has 0 saturated carbocycles. The van der Waals surface area contributed by atoms with Gasteiger partial charge >= 0.3 is 5.97 Å². The number of nitrogens with zero attached hydrogens (tertiary/aromatic N) is 1. The van der Waals surface area contributed by atoms with Gasteiger partial charge in [0.05, 0.1) is 7.11 Å². The highest BCUT2D eigenvalue weighted by Crippen LogP contribution is 2.19. The highest BCUT2D eigenvalue weighted by molar-refractivity contribution is 6.32. The van der Waals surface area contributed by atoms with Gasteiger partial charge in [0.15, 0.2) is 0 Å². The average Bonchev–Trinajstić information content (AvgIpc) is 2.14. The van der Waals surface area contributed by atoms with Crippen molar-refractivity contribution in [1.29, 1.82) is 0 Å². The molecule has 4 nitrogen and oxygen atoms in total. The van der Waals surface area contributed by atoms with Crippen LogP contribution in [0.15, 0.2) is 12.1 Å². The van der Waals surface area contributed by atoms with E-state index in [1.807, 2.05) is 0 Å². The molecule has 14 heavy (non-hydrogen) atoms. The van der Waals surface area contributed by atoms with Crippen LogP contribution in [0, 0.1) is 0 Å². The number of pyridine rings is 1. The summed E-state index contributed by atoms with van der Waals surface area (Å²) in [6.07, 6.45) is 0. The Morgan fingerprint density at radius 3 is 2.43 bits per heavy atom. The molecule has 1 aromatic heterocycles. The summed E-state index contributed by atoms with van der Waals surface area (Å²) < 4.78 is 4.48. The van der Waals surface area contributed by atoms with Crippen LogP contribution in [0.2, 0.25) is 10.3 Å². The van der Waals surface area contributed by atoms with E-state index in [4.69, 9.17) is 28.9 Å². The molecule has 0 bridgehead atoms. The Hall–Kier alpha value is -0.840. The Morgan fingerprint density at radius 2 is 2.00 bits per heavy atom. The molecular weight excluding hydrogens is 227 g/mol. The minimum Gasteiger partial charge on any atom is -0.468 e. The first-order valence-corrected chi connectivity index (χ1v) is 4.46. The van der Waals surface area contributed by atoms with Gasteiger partial charge in [-0.1, -0.05) is 23.2 Å². The molecule has 0 aliphatic carbocycles. The maximum Gasteiger partial charge on any atom is 0.327 e. The molecule has 76 valence electrons. The maximum atomic E-state index is 11.1. The summed E-state index contributed by atoms with van der Waals surface area (Å²) in [5.74, 6) is -0.552. The van der Waals surface area contributed by atoms with E-state index in [1.54, 1.807) is 0 Å². The van der Waals surface area contributed by atoms with Gasteiger partial charge in [-0.05, 0) is 17.7 Å². The molecule has 0 aromatic carbocycles. The number of hydrogen-bond donors (Lipinski definition) is 1. The lowest BCUT2D eigenvalue weighted by atomic mass is 10.1. The predicted molar refractivity (Wildman–Crippen MR) is 53.2 cm³/mol. The highest BCUT2D eigenvalue weighted by atomic mass is 35.5. The van der Waals surface area contributed by atoms with Gasteiger partial charge < -0.3 is 10.5 Å². The molecule has 0 aliphatic heterocycles. The van der Waals surface area contributed by atoms with Crippen LogP contribution < -0.4 is 5.73 Å². The summed E-state index contributed by atoms with van der Waals surface area (Å²) in [6.45, 7) is 0. The van der Waals surface area contributed by atoms with Gasteiger partial charge in [-0.3, -0.25) is 4.79 Å². The van der Waals surface area contributed by atoms with Gasteiger partial charge in [0, 0.05) is 0 Å². The Kier molecular flexibility index (Phi) is 3.69. The van der Waals surface area contributed by atoms with Crippen LogP contribution >= 0.6 is 23.2 Å². The number of rotatable bonds is 2. The van der Waals surface area contributed by atoms with Crippen molar-refractivity contribution < 1.29 is 9.53 Å². The number of hydrogen-bond acceptors (Lipinski definition) is 4. The first-order valence-electron chi connectivity index (χ1n) is 3.71. The lowest BCUT2D eigenvalue weighted by Gasteiger charge is -2.09. The van der Waals surface area contributed by atoms with Gasteiger partial charge in [-0.25, -0.2) is 4.98 Å². The van der Waals surface area contributed by atoms with Crippen LogP contribution in [0.25, 0.3) is 0 Å². The fourth-order valence-corrected chi connectivity index (χ4v) is 1.40. The van der Waals surface area contributed by atoms with Crippen LogP contribution in [-0.4, -0.2) is 18.1 Å². The molecule has 1 rings (SSSR count). The molecule has 0 radical (unpaired) electrons. The number of esters is 1. The molecule has 1 unspecified atom stereocenters. The second kappa shape index (κ2) is 4.59. The summed E-state index contributed by atoms with van der Waals surface area (Å²) in [4.78, 5) is 14.8. The number of nitrogens with two attached hydrogens (primary N) is 1. The van der Waals surface area contributed by atoms with Crippen molar-refractivity contribution in [1.82, 2.24) is 4.98 Å². The first kappa shape index (κ1) is 11.2. The quantitative estimate of drug-likeness (QED) is 0.624. The van der Waals surface area contributed by atoms with Gasteiger partial charge in [0.25, 0.3) is 0 Å². The standard InChI is InChI=1S/C8H8Cl2N2O2/c1-14-8(13)7(11)4-2-5(9)12-6(10)3-4/h2-3,7H,11H2,1H3. The van der Waals surface area contributed by atoms with E-state index < -0.39 is 12.0 Å². The number of aromatic nitrogens is 1. The van der Waals surface area contributed by atoms with E-state index in [2.05, 4.69) is 9.72 Å². The van der Waals surface area contributed by atoms with E-state index in [0.29, 0.717) is 5.56 Å². The number of halogens is 2. The molecule has 0 amide bonds. The summed E-state index contributed by atoms with van der Waals surface area (Å²) in [7, 11) is 1.26. The van der Waals surface area contributed by atoms with Crippen molar-refractivity contribution in [2.24, 2.45) is 5.73 Å². The lowest BCUT2D eigenvalue weighted by Crippen LogP contribution is -2.22. The number of carbonyl (C=O) groups is 1. The third kappa shape index (κ3) is 2.57. The number of carbonyl (C=O) groups excluding carboxylic acids is 1. The molecule has 2 N–H and O–H groups in total. The van der Waals surface area contributed by atoms with Crippen molar-refractivity contribution in [3.63, 3.8) is 0 Å². The van der Waals surface area contributed by atoms with Crippen LogP contribution in [0.1, 0.15) is 11.6 Å². The fourth-order valence-electron chi connectivity index (χ4n) is 0.926. The van der Waals surface area contributed by atoms with E-state index in [0.717, 1.165) is 0 Å². The molecule has 0 saturated heterocycles. The van der Waals surface area contributed by atoms with Gasteiger partial charge in [0.2, 0.25) is 0 Å². The van der Waals surface area contributed by atoms with Gasteiger partial charge in [-0.15, -0.1) is 0 Å². The van der Waals surface area contributed by atoms with Crippen LogP contribution in [0.4, 0.5) is 0 Å². The largest absolute Gasteiger partial charge is 0.468 e. The van der Waals surface area contributed by atoms with Crippen LogP contribution in [-0.2, 0) is 9.53 Å². The summed E-state index contributed by atoms with van der Waals surface area (Å²) >= 11 is 11.3. The molecule has 0 spiro atoms. The Morgan fingerprint density at radius 1 is 1.50 bits per heavy atom. The third-order valence-electron chi connectivity index (χ3n) is 1.60. The van der Waals surface area contributed by atoms with E-state index in [-0.39, 0.29) is 10.3 Å². The Balaban J connectivity index is 3.00. The number of methoxy groups -OCH3 is 1. The van der Waals surface area contributed by atoms with E-state index >= 15 is 0 Å². The minimum absolute atomic E-state index is 0.187. The minimum atomic E-state index is -0.891. The first-order chi connectivity index (χ1) is 6.54. The maximum absolute atomic E-state index is 11.1. The average molecular weight is 235 g/mol. The van der Waals surface area contributed by atoms with Crippen molar-refractivity contribution >= 4 is 29.2 Å². The van der Waals surface area contributed by atoms with Gasteiger partial charge in [-0.2, -0.15) is 0 Å². The summed E-state index contributed by atoms with van der Waals surface area (Å²) in [5.41, 5.74) is 6.04. The van der Waals surface area contributed by atoms with Crippen LogP contribution in [0.3, 0.4) is 0 Å². The fraction of sp³-hybridized carbons (Fsp3) is 0.250. The number of ether oxygens (including phenoxy) is 1. The van der Waals surface area contributed by atoms with Crippen molar-refractivity contribution in [3.8, 4) is 0 Å². The zero-order chi connectivity index (χ0) is 10.7. The van der Waals surface area contributed by atoms with Crippen molar-refractivity contribution in [2.45, 2.75) is 6.04 Å². The smallest absolute Gasteiger partial charge is 0.327 e. The summed E-state index contributed by atoms with van der Waals surface area (Å²) in [6, 6.07) is 2.04. The Labute approximate surface area is 91.0 Å². The Bertz CT molecular complexity index is 337. The SMILES string of the molecule is COC(=O)C(N)c1cc(Cl)nc(Cl)c1. The molecule has 6 heteroatoms. The van der Waals surface area contributed by atoms with Crippen LogP contribution in [0.5, 0.6) is 0 Å². The molecule has 1 atom stereocenters. The second-order valence-electron chi connectivity index (χ2n) is 2.55. The highest BCUT2D eigenvalue weighted by Gasteiger charge is 2.17. The van der Waals surface area contributed by atoms with Crippen molar-refractivity contribution in [3.05, 3.63) is 28.0 Å². The third-order valence-corrected chi connectivity index (χ3v) is 1.99. The lowest BCUT2D eigenvalue weighted by molar-refractivity contribution is -0.142. The molecule has 1 aromatic rings. The second-order valence-corrected chi connectivity index (χ2v) is 3.32. The molecule has 0 aliphatic rings. The molecular formula is C8H8Cl2N2O2.